The third-order valence-corrected chi connectivity index (χ3v) is 3.61. The predicted octanol–water partition coefficient (Wildman–Crippen LogP) is 4.30. The minimum atomic E-state index is -0.188. The molecule has 0 aliphatic heterocycles. The van der Waals surface area contributed by atoms with Crippen LogP contribution in [0.1, 0.15) is 37.1 Å². The van der Waals surface area contributed by atoms with Crippen molar-refractivity contribution < 1.29 is 4.39 Å². The molecule has 0 aliphatic rings. The van der Waals surface area contributed by atoms with E-state index in [0.29, 0.717) is 6.04 Å². The highest BCUT2D eigenvalue weighted by Crippen LogP contribution is 2.21. The Bertz CT molecular complexity index is 450. The van der Waals surface area contributed by atoms with E-state index in [1.54, 1.807) is 11.3 Å². The first-order chi connectivity index (χ1) is 8.16. The van der Waals surface area contributed by atoms with Crippen LogP contribution in [0.3, 0.4) is 0 Å². The average Bonchev–Trinajstić information content (AvgIpc) is 2.83. The van der Waals surface area contributed by atoms with Crippen molar-refractivity contribution in [1.29, 1.82) is 0 Å². The second-order valence-electron chi connectivity index (χ2n) is 4.22. The zero-order valence-corrected chi connectivity index (χ0v) is 10.8. The number of hydrogen-bond donors (Lipinski definition) is 1. The maximum absolute atomic E-state index is 12.8. The highest BCUT2D eigenvalue weighted by molar-refractivity contribution is 7.07. The van der Waals surface area contributed by atoms with Crippen LogP contribution in [0.5, 0.6) is 0 Å². The van der Waals surface area contributed by atoms with Crippen LogP contribution in [0, 0.1) is 5.82 Å². The number of rotatable bonds is 4. The van der Waals surface area contributed by atoms with Gasteiger partial charge >= 0.3 is 0 Å². The molecule has 0 radical (unpaired) electrons. The Morgan fingerprint density at radius 2 is 1.65 bits per heavy atom. The van der Waals surface area contributed by atoms with E-state index in [9.17, 15) is 4.39 Å². The Morgan fingerprint density at radius 1 is 1.00 bits per heavy atom. The zero-order chi connectivity index (χ0) is 12.3. The maximum atomic E-state index is 12.8. The molecule has 1 nitrogen and oxygen atoms in total. The van der Waals surface area contributed by atoms with Gasteiger partial charge in [0.1, 0.15) is 5.82 Å². The van der Waals surface area contributed by atoms with Gasteiger partial charge in [0.15, 0.2) is 0 Å². The molecule has 1 aromatic heterocycles. The highest BCUT2D eigenvalue weighted by atomic mass is 32.1. The fraction of sp³-hybridized carbons (Fsp3) is 0.286. The summed E-state index contributed by atoms with van der Waals surface area (Å²) in [6.45, 7) is 4.23. The van der Waals surface area contributed by atoms with Gasteiger partial charge in [-0.05, 0) is 53.9 Å². The molecular weight excluding hydrogens is 233 g/mol. The molecule has 90 valence electrons. The fourth-order valence-electron chi connectivity index (χ4n) is 1.84. The third kappa shape index (κ3) is 3.14. The molecule has 0 saturated carbocycles. The summed E-state index contributed by atoms with van der Waals surface area (Å²) in [5.41, 5.74) is 2.40. The van der Waals surface area contributed by atoms with Crippen molar-refractivity contribution in [2.45, 2.75) is 25.9 Å². The Hall–Kier alpha value is -1.19. The summed E-state index contributed by atoms with van der Waals surface area (Å²) in [5, 5.41) is 7.73. The van der Waals surface area contributed by atoms with E-state index in [4.69, 9.17) is 0 Å². The number of halogens is 1. The molecule has 2 rings (SSSR count). The number of benzene rings is 1. The van der Waals surface area contributed by atoms with Gasteiger partial charge in [0.25, 0.3) is 0 Å². The monoisotopic (exact) mass is 249 g/mol. The first-order valence-electron chi connectivity index (χ1n) is 5.70. The molecule has 1 heterocycles. The van der Waals surface area contributed by atoms with Crippen LogP contribution in [0.4, 0.5) is 4.39 Å². The number of nitrogens with one attached hydrogen (secondary N) is 1. The molecule has 1 aromatic carbocycles. The van der Waals surface area contributed by atoms with Crippen LogP contribution in [-0.2, 0) is 0 Å². The molecule has 0 amide bonds. The second-order valence-corrected chi connectivity index (χ2v) is 5.00. The van der Waals surface area contributed by atoms with Gasteiger partial charge in [-0.15, -0.1) is 0 Å². The van der Waals surface area contributed by atoms with Crippen molar-refractivity contribution in [2.24, 2.45) is 0 Å². The van der Waals surface area contributed by atoms with E-state index < -0.39 is 0 Å². The SMILES string of the molecule is CC(NC(C)c1ccsc1)c1ccc(F)cc1. The molecule has 2 unspecified atom stereocenters. The van der Waals surface area contributed by atoms with E-state index in [0.717, 1.165) is 5.56 Å². The topological polar surface area (TPSA) is 12.0 Å². The van der Waals surface area contributed by atoms with Gasteiger partial charge in [0, 0.05) is 12.1 Å². The van der Waals surface area contributed by atoms with Crippen molar-refractivity contribution in [3.8, 4) is 0 Å². The molecule has 2 atom stereocenters. The first kappa shape index (κ1) is 12.3. The Morgan fingerprint density at radius 3 is 2.24 bits per heavy atom. The summed E-state index contributed by atoms with van der Waals surface area (Å²) in [4.78, 5) is 0. The molecule has 17 heavy (non-hydrogen) atoms. The summed E-state index contributed by atoms with van der Waals surface area (Å²) in [6, 6.07) is 9.30. The Labute approximate surface area is 105 Å². The Kier molecular flexibility index (Phi) is 3.92. The van der Waals surface area contributed by atoms with Gasteiger partial charge in [-0.2, -0.15) is 11.3 Å². The van der Waals surface area contributed by atoms with Crippen molar-refractivity contribution in [3.05, 3.63) is 58.0 Å². The van der Waals surface area contributed by atoms with Gasteiger partial charge in [-0.25, -0.2) is 4.39 Å². The zero-order valence-electron chi connectivity index (χ0n) is 9.98. The van der Waals surface area contributed by atoms with E-state index in [-0.39, 0.29) is 11.9 Å². The van der Waals surface area contributed by atoms with Crippen LogP contribution in [0.2, 0.25) is 0 Å². The van der Waals surface area contributed by atoms with Crippen molar-refractivity contribution in [2.75, 3.05) is 0 Å². The van der Waals surface area contributed by atoms with Gasteiger partial charge < -0.3 is 5.32 Å². The summed E-state index contributed by atoms with van der Waals surface area (Å²) in [7, 11) is 0. The summed E-state index contributed by atoms with van der Waals surface area (Å²) >= 11 is 1.70. The first-order valence-corrected chi connectivity index (χ1v) is 6.64. The van der Waals surface area contributed by atoms with E-state index in [1.165, 1.54) is 17.7 Å². The second kappa shape index (κ2) is 5.43. The maximum Gasteiger partial charge on any atom is 0.123 e. The molecule has 0 saturated heterocycles. The van der Waals surface area contributed by atoms with Crippen molar-refractivity contribution >= 4 is 11.3 Å². The van der Waals surface area contributed by atoms with Crippen molar-refractivity contribution in [1.82, 2.24) is 5.32 Å². The lowest BCUT2D eigenvalue weighted by Crippen LogP contribution is -2.22. The smallest absolute Gasteiger partial charge is 0.123 e. The normalized spacial score (nSPS) is 14.5. The summed E-state index contributed by atoms with van der Waals surface area (Å²) in [6.07, 6.45) is 0. The van der Waals surface area contributed by atoms with E-state index in [1.807, 2.05) is 12.1 Å². The highest BCUT2D eigenvalue weighted by Gasteiger charge is 2.11. The standard InChI is InChI=1S/C14H16FNS/c1-10(12-3-5-14(15)6-4-12)16-11(2)13-7-8-17-9-13/h3-11,16H,1-2H3. The molecule has 0 spiro atoms. The minimum Gasteiger partial charge on any atom is -0.304 e. The van der Waals surface area contributed by atoms with Crippen LogP contribution < -0.4 is 5.32 Å². The van der Waals surface area contributed by atoms with E-state index >= 15 is 0 Å². The quantitative estimate of drug-likeness (QED) is 0.852. The molecule has 1 N–H and O–H groups in total. The van der Waals surface area contributed by atoms with Crippen LogP contribution in [0.25, 0.3) is 0 Å². The lowest BCUT2D eigenvalue weighted by Gasteiger charge is -2.19. The van der Waals surface area contributed by atoms with Gasteiger partial charge in [0.05, 0.1) is 0 Å². The molecule has 2 aromatic rings. The minimum absolute atomic E-state index is 0.188. The van der Waals surface area contributed by atoms with E-state index in [2.05, 4.69) is 36.0 Å². The Balaban J connectivity index is 2.01. The largest absolute Gasteiger partial charge is 0.304 e. The van der Waals surface area contributed by atoms with Crippen LogP contribution >= 0.6 is 11.3 Å². The molecular formula is C14H16FNS. The molecule has 0 fully saturated rings. The van der Waals surface area contributed by atoms with Crippen LogP contribution in [0.15, 0.2) is 41.1 Å². The molecule has 0 bridgehead atoms. The number of hydrogen-bond acceptors (Lipinski definition) is 2. The lowest BCUT2D eigenvalue weighted by molar-refractivity contribution is 0.495. The lowest BCUT2D eigenvalue weighted by atomic mass is 10.1. The van der Waals surface area contributed by atoms with Crippen molar-refractivity contribution in [3.63, 3.8) is 0 Å². The third-order valence-electron chi connectivity index (χ3n) is 2.91. The fourth-order valence-corrected chi connectivity index (χ4v) is 2.59. The summed E-state index contributed by atoms with van der Waals surface area (Å²) < 4.78 is 12.8. The number of thiophene rings is 1. The molecule has 0 aliphatic carbocycles. The molecule has 3 heteroatoms. The average molecular weight is 249 g/mol. The van der Waals surface area contributed by atoms with Crippen LogP contribution in [-0.4, -0.2) is 0 Å². The summed E-state index contributed by atoms with van der Waals surface area (Å²) in [5.74, 6) is -0.188. The van der Waals surface area contributed by atoms with Gasteiger partial charge in [0.2, 0.25) is 0 Å². The van der Waals surface area contributed by atoms with Gasteiger partial charge in [-0.1, -0.05) is 12.1 Å². The predicted molar refractivity (Wildman–Crippen MR) is 70.7 cm³/mol. The van der Waals surface area contributed by atoms with Gasteiger partial charge in [-0.3, -0.25) is 0 Å².